The van der Waals surface area contributed by atoms with Gasteiger partial charge in [-0.05, 0) is 48.1 Å². The second kappa shape index (κ2) is 9.09. The molecular weight excluding hydrogens is 348 g/mol. The van der Waals surface area contributed by atoms with E-state index in [0.29, 0.717) is 5.69 Å². The Kier molecular flexibility index (Phi) is 7.05. The first-order chi connectivity index (χ1) is 13.0. The van der Waals surface area contributed by atoms with Gasteiger partial charge in [0.1, 0.15) is 5.69 Å². The molecule has 5 heteroatoms. The molecule has 2 aromatic rings. The molecule has 1 saturated heterocycles. The average molecular weight is 383 g/mol. The molecule has 0 spiro atoms. The van der Waals surface area contributed by atoms with Crippen molar-refractivity contribution in [1.82, 2.24) is 4.98 Å². The van der Waals surface area contributed by atoms with E-state index in [4.69, 9.17) is 5.73 Å². The van der Waals surface area contributed by atoms with E-state index in [9.17, 15) is 4.79 Å². The van der Waals surface area contributed by atoms with Crippen molar-refractivity contribution < 1.29 is 4.79 Å². The van der Waals surface area contributed by atoms with Crippen molar-refractivity contribution in [2.24, 2.45) is 5.73 Å². The largest absolute Gasteiger partial charge is 0.368 e. The number of piperazine rings is 1. The molecule has 1 fully saturated rings. The summed E-state index contributed by atoms with van der Waals surface area (Å²) in [6.45, 7) is 10.7. The molecule has 1 aliphatic heterocycles. The SMILES string of the molecule is C.CCC(C)(CC)c1cccc(N2CCN(c3ccc(C(N)=O)nc3)CC2)c1. The number of rotatable bonds is 6. The Morgan fingerprint density at radius 2 is 1.64 bits per heavy atom. The minimum absolute atomic E-state index is 0. The summed E-state index contributed by atoms with van der Waals surface area (Å²) in [7, 11) is 0. The molecule has 0 unspecified atom stereocenters. The van der Waals surface area contributed by atoms with Gasteiger partial charge in [-0.15, -0.1) is 0 Å². The van der Waals surface area contributed by atoms with Crippen molar-refractivity contribution in [2.75, 3.05) is 36.0 Å². The van der Waals surface area contributed by atoms with Crippen LogP contribution in [-0.2, 0) is 5.41 Å². The van der Waals surface area contributed by atoms with Gasteiger partial charge in [0.2, 0.25) is 0 Å². The van der Waals surface area contributed by atoms with E-state index < -0.39 is 5.91 Å². The molecular formula is C23H34N4O. The zero-order valence-corrected chi connectivity index (χ0v) is 16.6. The van der Waals surface area contributed by atoms with Crippen molar-refractivity contribution in [3.8, 4) is 0 Å². The van der Waals surface area contributed by atoms with Crippen LogP contribution in [0, 0.1) is 0 Å². The van der Waals surface area contributed by atoms with E-state index in [2.05, 4.69) is 59.8 Å². The highest BCUT2D eigenvalue weighted by atomic mass is 16.1. The first-order valence-electron chi connectivity index (χ1n) is 9.83. The zero-order chi connectivity index (χ0) is 19.4. The van der Waals surface area contributed by atoms with Crippen molar-refractivity contribution in [1.29, 1.82) is 0 Å². The van der Waals surface area contributed by atoms with E-state index >= 15 is 0 Å². The number of pyridine rings is 1. The summed E-state index contributed by atoms with van der Waals surface area (Å²) in [6.07, 6.45) is 4.04. The van der Waals surface area contributed by atoms with Crippen LogP contribution in [-0.4, -0.2) is 37.1 Å². The number of nitrogens with two attached hydrogens (primary N) is 1. The van der Waals surface area contributed by atoms with E-state index in [0.717, 1.165) is 44.7 Å². The zero-order valence-electron chi connectivity index (χ0n) is 16.6. The lowest BCUT2D eigenvalue weighted by Gasteiger charge is -2.38. The summed E-state index contributed by atoms with van der Waals surface area (Å²) in [6, 6.07) is 12.7. The second-order valence-electron chi connectivity index (χ2n) is 7.56. The topological polar surface area (TPSA) is 62.5 Å². The van der Waals surface area contributed by atoms with E-state index in [-0.39, 0.29) is 12.8 Å². The van der Waals surface area contributed by atoms with Gasteiger partial charge >= 0.3 is 0 Å². The second-order valence-corrected chi connectivity index (χ2v) is 7.56. The van der Waals surface area contributed by atoms with Crippen LogP contribution < -0.4 is 15.5 Å². The Bertz CT molecular complexity index is 775. The number of carbonyl (C=O) groups is 1. The summed E-state index contributed by atoms with van der Waals surface area (Å²) in [5.41, 5.74) is 9.59. The molecule has 0 aliphatic carbocycles. The Balaban J connectivity index is 0.00000280. The summed E-state index contributed by atoms with van der Waals surface area (Å²) in [4.78, 5) is 20.1. The van der Waals surface area contributed by atoms with Crippen LogP contribution in [0.5, 0.6) is 0 Å². The predicted octanol–water partition coefficient (Wildman–Crippen LogP) is 4.22. The number of primary amides is 1. The van der Waals surface area contributed by atoms with Crippen molar-refractivity contribution in [3.05, 3.63) is 53.9 Å². The minimum atomic E-state index is -0.489. The Morgan fingerprint density at radius 3 is 2.14 bits per heavy atom. The highest BCUT2D eigenvalue weighted by Gasteiger charge is 2.24. The maximum absolute atomic E-state index is 11.2. The predicted molar refractivity (Wildman–Crippen MR) is 118 cm³/mol. The van der Waals surface area contributed by atoms with Crippen LogP contribution >= 0.6 is 0 Å². The number of benzene rings is 1. The van der Waals surface area contributed by atoms with E-state index in [1.165, 1.54) is 11.3 Å². The summed E-state index contributed by atoms with van der Waals surface area (Å²) in [5, 5.41) is 0. The van der Waals surface area contributed by atoms with Gasteiger partial charge < -0.3 is 15.5 Å². The van der Waals surface area contributed by atoms with Crippen LogP contribution in [0.25, 0.3) is 0 Å². The standard InChI is InChI=1S/C22H30N4O.CH4/c1-4-22(3,5-2)17-7-6-8-18(15-17)25-11-13-26(14-12-25)19-9-10-20(21(23)27)24-16-19;/h6-10,15-16H,4-5,11-14H2,1-3H3,(H2,23,27);1H4. The third-order valence-corrected chi connectivity index (χ3v) is 6.11. The number of anilines is 2. The lowest BCUT2D eigenvalue weighted by atomic mass is 9.78. The van der Waals surface area contributed by atoms with E-state index in [1.807, 2.05) is 6.07 Å². The normalized spacial score (nSPS) is 14.5. The van der Waals surface area contributed by atoms with Gasteiger partial charge in [0, 0.05) is 31.9 Å². The fourth-order valence-corrected chi connectivity index (χ4v) is 3.68. The highest BCUT2D eigenvalue weighted by Crippen LogP contribution is 2.33. The molecule has 1 aromatic heterocycles. The first kappa shape index (κ1) is 21.7. The average Bonchev–Trinajstić information content (AvgIpc) is 2.73. The molecule has 3 rings (SSSR count). The van der Waals surface area contributed by atoms with Gasteiger partial charge in [-0.25, -0.2) is 4.98 Å². The van der Waals surface area contributed by atoms with Gasteiger partial charge in [-0.3, -0.25) is 4.79 Å². The fourth-order valence-electron chi connectivity index (χ4n) is 3.68. The fraction of sp³-hybridized carbons (Fsp3) is 0.478. The quantitative estimate of drug-likeness (QED) is 0.812. The molecule has 1 aliphatic rings. The number of amides is 1. The summed E-state index contributed by atoms with van der Waals surface area (Å²) >= 11 is 0. The molecule has 0 saturated carbocycles. The van der Waals surface area contributed by atoms with Crippen molar-refractivity contribution >= 4 is 17.3 Å². The number of hydrogen-bond donors (Lipinski definition) is 1. The summed E-state index contributed by atoms with van der Waals surface area (Å²) < 4.78 is 0. The van der Waals surface area contributed by atoms with Gasteiger partial charge in [0.05, 0.1) is 11.9 Å². The van der Waals surface area contributed by atoms with Crippen LogP contribution in [0.2, 0.25) is 0 Å². The highest BCUT2D eigenvalue weighted by molar-refractivity contribution is 5.90. The molecule has 1 aromatic carbocycles. The lowest BCUT2D eigenvalue weighted by molar-refractivity contribution is 0.0995. The summed E-state index contributed by atoms with van der Waals surface area (Å²) in [5.74, 6) is -0.489. The molecule has 5 nitrogen and oxygen atoms in total. The Hall–Kier alpha value is -2.56. The van der Waals surface area contributed by atoms with Crippen molar-refractivity contribution in [3.63, 3.8) is 0 Å². The van der Waals surface area contributed by atoms with Crippen LogP contribution in [0.1, 0.15) is 57.1 Å². The number of hydrogen-bond acceptors (Lipinski definition) is 4. The monoisotopic (exact) mass is 382 g/mol. The maximum atomic E-state index is 11.2. The van der Waals surface area contributed by atoms with Gasteiger partial charge in [-0.1, -0.05) is 40.3 Å². The minimum Gasteiger partial charge on any atom is -0.368 e. The molecule has 152 valence electrons. The number of carbonyl (C=O) groups excluding carboxylic acids is 1. The van der Waals surface area contributed by atoms with Crippen LogP contribution in [0.4, 0.5) is 11.4 Å². The molecule has 0 radical (unpaired) electrons. The molecule has 28 heavy (non-hydrogen) atoms. The Labute approximate surface area is 169 Å². The molecule has 1 amide bonds. The molecule has 0 atom stereocenters. The molecule has 2 N–H and O–H groups in total. The maximum Gasteiger partial charge on any atom is 0.267 e. The van der Waals surface area contributed by atoms with Crippen molar-refractivity contribution in [2.45, 2.75) is 46.5 Å². The van der Waals surface area contributed by atoms with Crippen LogP contribution in [0.3, 0.4) is 0 Å². The smallest absolute Gasteiger partial charge is 0.267 e. The third-order valence-electron chi connectivity index (χ3n) is 6.11. The van der Waals surface area contributed by atoms with Gasteiger partial charge in [0.25, 0.3) is 5.91 Å². The molecule has 0 bridgehead atoms. The van der Waals surface area contributed by atoms with Crippen LogP contribution in [0.15, 0.2) is 42.6 Å². The number of aromatic nitrogens is 1. The van der Waals surface area contributed by atoms with Gasteiger partial charge in [0.15, 0.2) is 0 Å². The van der Waals surface area contributed by atoms with E-state index in [1.54, 1.807) is 12.3 Å². The molecule has 2 heterocycles. The van der Waals surface area contributed by atoms with Gasteiger partial charge in [-0.2, -0.15) is 0 Å². The first-order valence-corrected chi connectivity index (χ1v) is 9.83. The Morgan fingerprint density at radius 1 is 1.04 bits per heavy atom. The number of nitrogens with zero attached hydrogens (tertiary/aromatic N) is 3. The third kappa shape index (κ3) is 4.46. The lowest BCUT2D eigenvalue weighted by Crippen LogP contribution is -2.46.